The first-order valence-corrected chi connectivity index (χ1v) is 6.25. The van der Waals surface area contributed by atoms with E-state index in [2.05, 4.69) is 37.1 Å². The van der Waals surface area contributed by atoms with Gasteiger partial charge in [0.25, 0.3) is 0 Å². The van der Waals surface area contributed by atoms with Gasteiger partial charge >= 0.3 is 0 Å². The SMILES string of the molecule is C=CC1=C(/C=C\C)Cc2ccsc2CC1. The summed E-state index contributed by atoms with van der Waals surface area (Å²) in [5.41, 5.74) is 4.35. The van der Waals surface area contributed by atoms with Crippen LogP contribution in [0.4, 0.5) is 0 Å². The summed E-state index contributed by atoms with van der Waals surface area (Å²) in [6.45, 7) is 5.99. The number of allylic oxidation sites excluding steroid dienone is 5. The Bertz CT molecular complexity index is 418. The molecule has 0 bridgehead atoms. The lowest BCUT2D eigenvalue weighted by atomic mass is 10.0. The van der Waals surface area contributed by atoms with Gasteiger partial charge in [0.1, 0.15) is 0 Å². The maximum absolute atomic E-state index is 3.92. The van der Waals surface area contributed by atoms with E-state index >= 15 is 0 Å². The van der Waals surface area contributed by atoms with Crippen LogP contribution in [0, 0.1) is 0 Å². The molecule has 1 aliphatic carbocycles. The average molecular weight is 216 g/mol. The zero-order valence-electron chi connectivity index (χ0n) is 9.12. The second-order valence-corrected chi connectivity index (χ2v) is 4.80. The fourth-order valence-corrected chi connectivity index (χ4v) is 2.98. The van der Waals surface area contributed by atoms with Crippen molar-refractivity contribution < 1.29 is 0 Å². The van der Waals surface area contributed by atoms with Crippen LogP contribution < -0.4 is 0 Å². The minimum Gasteiger partial charge on any atom is -0.149 e. The maximum Gasteiger partial charge on any atom is 0.00838 e. The normalized spacial score (nSPS) is 16.6. The number of fused-ring (bicyclic) bond motifs is 1. The van der Waals surface area contributed by atoms with Crippen molar-refractivity contribution >= 4 is 11.3 Å². The van der Waals surface area contributed by atoms with Crippen molar-refractivity contribution in [2.24, 2.45) is 0 Å². The second kappa shape index (κ2) is 4.63. The minimum atomic E-state index is 1.07. The van der Waals surface area contributed by atoms with Crippen LogP contribution in [0.2, 0.25) is 0 Å². The van der Waals surface area contributed by atoms with E-state index in [1.165, 1.54) is 23.1 Å². The van der Waals surface area contributed by atoms with Gasteiger partial charge in [-0.2, -0.15) is 0 Å². The molecule has 0 aliphatic heterocycles. The van der Waals surface area contributed by atoms with E-state index in [1.807, 2.05) is 17.4 Å². The Morgan fingerprint density at radius 1 is 1.33 bits per heavy atom. The van der Waals surface area contributed by atoms with E-state index in [0.717, 1.165) is 12.8 Å². The molecule has 0 spiro atoms. The lowest BCUT2D eigenvalue weighted by molar-refractivity contribution is 0.989. The van der Waals surface area contributed by atoms with E-state index in [0.29, 0.717) is 0 Å². The van der Waals surface area contributed by atoms with Crippen molar-refractivity contribution in [1.82, 2.24) is 0 Å². The summed E-state index contributed by atoms with van der Waals surface area (Å²) in [6, 6.07) is 2.26. The summed E-state index contributed by atoms with van der Waals surface area (Å²) in [6.07, 6.45) is 9.75. The van der Waals surface area contributed by atoms with Crippen LogP contribution in [0.1, 0.15) is 23.8 Å². The van der Waals surface area contributed by atoms with Gasteiger partial charge in [0, 0.05) is 4.88 Å². The number of hydrogen-bond acceptors (Lipinski definition) is 1. The topological polar surface area (TPSA) is 0 Å². The molecule has 0 nitrogen and oxygen atoms in total. The lowest BCUT2D eigenvalue weighted by Crippen LogP contribution is -1.88. The fourth-order valence-electron chi connectivity index (χ4n) is 2.07. The van der Waals surface area contributed by atoms with Gasteiger partial charge in [0.15, 0.2) is 0 Å². The van der Waals surface area contributed by atoms with Gasteiger partial charge in [0.05, 0.1) is 0 Å². The van der Waals surface area contributed by atoms with E-state index < -0.39 is 0 Å². The largest absolute Gasteiger partial charge is 0.149 e. The van der Waals surface area contributed by atoms with Gasteiger partial charge in [-0.25, -0.2) is 0 Å². The molecule has 0 saturated carbocycles. The Morgan fingerprint density at radius 2 is 2.20 bits per heavy atom. The minimum absolute atomic E-state index is 1.07. The Morgan fingerprint density at radius 3 is 2.93 bits per heavy atom. The quantitative estimate of drug-likeness (QED) is 0.691. The van der Waals surface area contributed by atoms with Crippen molar-refractivity contribution in [2.45, 2.75) is 26.2 Å². The van der Waals surface area contributed by atoms with Crippen LogP contribution >= 0.6 is 11.3 Å². The van der Waals surface area contributed by atoms with Gasteiger partial charge in [-0.3, -0.25) is 0 Å². The molecule has 1 heterocycles. The first-order valence-electron chi connectivity index (χ1n) is 5.37. The number of aryl methyl sites for hydroxylation is 1. The van der Waals surface area contributed by atoms with Crippen molar-refractivity contribution in [3.63, 3.8) is 0 Å². The standard InChI is InChI=1S/C14H16S/c1-3-5-12-10-13-8-9-15-14(13)7-6-11(12)4-2/h3-5,8-9H,2,6-7,10H2,1H3/b5-3-. The van der Waals surface area contributed by atoms with Gasteiger partial charge in [-0.05, 0) is 54.3 Å². The zero-order valence-corrected chi connectivity index (χ0v) is 9.94. The van der Waals surface area contributed by atoms with E-state index in [9.17, 15) is 0 Å². The van der Waals surface area contributed by atoms with Gasteiger partial charge in [0.2, 0.25) is 0 Å². The first kappa shape index (κ1) is 10.4. The van der Waals surface area contributed by atoms with Crippen LogP contribution in [-0.2, 0) is 12.8 Å². The van der Waals surface area contributed by atoms with Gasteiger partial charge in [-0.1, -0.05) is 24.8 Å². The molecule has 1 heteroatoms. The molecule has 15 heavy (non-hydrogen) atoms. The maximum atomic E-state index is 3.92. The third kappa shape index (κ3) is 2.13. The molecule has 1 aromatic rings. The first-order chi connectivity index (χ1) is 7.35. The molecular weight excluding hydrogens is 200 g/mol. The molecule has 2 rings (SSSR count). The summed E-state index contributed by atoms with van der Waals surface area (Å²) < 4.78 is 0. The highest BCUT2D eigenvalue weighted by Crippen LogP contribution is 2.29. The number of hydrogen-bond donors (Lipinski definition) is 0. The predicted molar refractivity (Wildman–Crippen MR) is 68.4 cm³/mol. The molecule has 1 aliphatic rings. The smallest absolute Gasteiger partial charge is 0.00838 e. The third-order valence-electron chi connectivity index (χ3n) is 2.87. The van der Waals surface area contributed by atoms with E-state index in [-0.39, 0.29) is 0 Å². The molecule has 78 valence electrons. The molecule has 0 saturated heterocycles. The van der Waals surface area contributed by atoms with Crippen LogP contribution in [0.5, 0.6) is 0 Å². The molecule has 0 atom stereocenters. The van der Waals surface area contributed by atoms with Crippen LogP contribution in [0.25, 0.3) is 0 Å². The van der Waals surface area contributed by atoms with Gasteiger partial charge in [-0.15, -0.1) is 11.3 Å². The molecule has 0 aromatic carbocycles. The average Bonchev–Trinajstić information content (AvgIpc) is 2.60. The summed E-state index contributed by atoms with van der Waals surface area (Å²) in [7, 11) is 0. The van der Waals surface area contributed by atoms with Crippen molar-refractivity contribution in [1.29, 1.82) is 0 Å². The fraction of sp³-hybridized carbons (Fsp3) is 0.286. The van der Waals surface area contributed by atoms with E-state index in [4.69, 9.17) is 0 Å². The van der Waals surface area contributed by atoms with Crippen molar-refractivity contribution in [3.05, 3.63) is 57.8 Å². The Balaban J connectivity index is 2.38. The van der Waals surface area contributed by atoms with Crippen molar-refractivity contribution in [3.8, 4) is 0 Å². The summed E-state index contributed by atoms with van der Waals surface area (Å²) in [5.74, 6) is 0. The molecule has 0 amide bonds. The van der Waals surface area contributed by atoms with Gasteiger partial charge < -0.3 is 0 Å². The van der Waals surface area contributed by atoms with E-state index in [1.54, 1.807) is 4.88 Å². The Labute approximate surface area is 95.6 Å². The highest BCUT2D eigenvalue weighted by atomic mass is 32.1. The second-order valence-electron chi connectivity index (χ2n) is 3.80. The molecule has 1 aromatic heterocycles. The predicted octanol–water partition coefficient (Wildman–Crippen LogP) is 4.30. The number of thiophene rings is 1. The summed E-state index contributed by atoms with van der Waals surface area (Å²) in [4.78, 5) is 1.55. The Kier molecular flexibility index (Phi) is 3.22. The lowest BCUT2D eigenvalue weighted by Gasteiger charge is -2.03. The van der Waals surface area contributed by atoms with Crippen molar-refractivity contribution in [2.75, 3.05) is 0 Å². The van der Waals surface area contributed by atoms with Crippen LogP contribution in [0.15, 0.2) is 47.4 Å². The highest BCUT2D eigenvalue weighted by molar-refractivity contribution is 7.10. The van der Waals surface area contributed by atoms with Crippen LogP contribution in [0.3, 0.4) is 0 Å². The Hall–Kier alpha value is -1.08. The van der Waals surface area contributed by atoms with Crippen LogP contribution in [-0.4, -0.2) is 0 Å². The highest BCUT2D eigenvalue weighted by Gasteiger charge is 2.13. The molecule has 0 N–H and O–H groups in total. The molecule has 0 fully saturated rings. The molecular formula is C14H16S. The number of rotatable bonds is 2. The summed E-state index contributed by atoms with van der Waals surface area (Å²) >= 11 is 1.89. The zero-order chi connectivity index (χ0) is 10.7. The molecule has 0 radical (unpaired) electrons. The summed E-state index contributed by atoms with van der Waals surface area (Å²) in [5, 5.41) is 2.21. The third-order valence-corrected chi connectivity index (χ3v) is 3.89. The molecule has 0 unspecified atom stereocenters. The monoisotopic (exact) mass is 216 g/mol.